The summed E-state index contributed by atoms with van der Waals surface area (Å²) in [7, 11) is 0. The van der Waals surface area contributed by atoms with E-state index >= 15 is 0 Å². The summed E-state index contributed by atoms with van der Waals surface area (Å²) in [4.78, 5) is 16.1. The van der Waals surface area contributed by atoms with Crippen LogP contribution in [0.25, 0.3) is 0 Å². The molecule has 0 aliphatic carbocycles. The molecule has 0 spiro atoms. The zero-order chi connectivity index (χ0) is 13.0. The Labute approximate surface area is 113 Å². The van der Waals surface area contributed by atoms with E-state index in [-0.39, 0.29) is 12.3 Å². The van der Waals surface area contributed by atoms with Crippen molar-refractivity contribution < 1.29 is 4.79 Å². The summed E-state index contributed by atoms with van der Waals surface area (Å²) in [5.74, 6) is -0.170. The third kappa shape index (κ3) is 3.29. The zero-order valence-electron chi connectivity index (χ0n) is 9.18. The van der Waals surface area contributed by atoms with Gasteiger partial charge in [-0.25, -0.2) is 4.98 Å². The normalized spacial score (nSPS) is 9.78. The Hall–Kier alpha value is -1.90. The molecule has 0 atom stereocenters. The van der Waals surface area contributed by atoms with Crippen LogP contribution in [-0.2, 0) is 11.2 Å². The predicted molar refractivity (Wildman–Crippen MR) is 70.6 cm³/mol. The number of carbonyl (C=O) groups excluding carboxylic acids is 1. The molecule has 1 aromatic carbocycles. The Bertz CT molecular complexity index is 601. The van der Waals surface area contributed by atoms with Gasteiger partial charge >= 0.3 is 0 Å². The van der Waals surface area contributed by atoms with Crippen LogP contribution in [-0.4, -0.2) is 10.9 Å². The molecule has 2 rings (SSSR count). The van der Waals surface area contributed by atoms with E-state index in [1.807, 2.05) is 6.07 Å². The van der Waals surface area contributed by atoms with E-state index in [1.165, 1.54) is 6.20 Å². The van der Waals surface area contributed by atoms with Crippen molar-refractivity contribution in [2.24, 2.45) is 0 Å². The first kappa shape index (κ1) is 12.6. The molecular weight excluding hydrogens is 270 g/mol. The van der Waals surface area contributed by atoms with Crippen molar-refractivity contribution in [1.82, 2.24) is 4.98 Å². The Balaban J connectivity index is 1.96. The lowest BCUT2D eigenvalue weighted by Crippen LogP contribution is -2.13. The van der Waals surface area contributed by atoms with Gasteiger partial charge < -0.3 is 5.32 Å². The summed E-state index contributed by atoms with van der Waals surface area (Å²) >= 11 is 6.91. The number of nitrogens with one attached hydrogen (secondary N) is 1. The summed E-state index contributed by atoms with van der Waals surface area (Å²) in [6, 6.07) is 9.03. The molecule has 0 unspecified atom stereocenters. The van der Waals surface area contributed by atoms with Gasteiger partial charge in [0, 0.05) is 5.02 Å². The molecule has 4 nitrogen and oxygen atoms in total. The lowest BCUT2D eigenvalue weighted by Gasteiger charge is -2.01. The molecule has 90 valence electrons. The predicted octanol–water partition coefficient (Wildman–Crippen LogP) is 2.85. The highest BCUT2D eigenvalue weighted by atomic mass is 35.5. The third-order valence-electron chi connectivity index (χ3n) is 2.14. The molecule has 0 radical (unpaired) electrons. The summed E-state index contributed by atoms with van der Waals surface area (Å²) in [6.45, 7) is 0. The van der Waals surface area contributed by atoms with Crippen LogP contribution in [0.4, 0.5) is 5.13 Å². The van der Waals surface area contributed by atoms with Crippen LogP contribution in [0.1, 0.15) is 10.4 Å². The number of nitrogens with zero attached hydrogens (tertiary/aromatic N) is 2. The molecule has 18 heavy (non-hydrogen) atoms. The Morgan fingerprint density at radius 1 is 1.44 bits per heavy atom. The van der Waals surface area contributed by atoms with Crippen molar-refractivity contribution in [2.75, 3.05) is 5.32 Å². The fraction of sp³-hybridized carbons (Fsp3) is 0.0833. The zero-order valence-corrected chi connectivity index (χ0v) is 10.8. The topological polar surface area (TPSA) is 65.8 Å². The minimum absolute atomic E-state index is 0.170. The van der Waals surface area contributed by atoms with Crippen molar-refractivity contribution in [3.05, 3.63) is 45.9 Å². The summed E-state index contributed by atoms with van der Waals surface area (Å²) < 4.78 is 0. The number of carbonyl (C=O) groups is 1. The van der Waals surface area contributed by atoms with Crippen LogP contribution in [0.15, 0.2) is 30.5 Å². The van der Waals surface area contributed by atoms with E-state index in [0.29, 0.717) is 15.0 Å². The van der Waals surface area contributed by atoms with Crippen LogP contribution < -0.4 is 5.32 Å². The molecule has 2 aromatic rings. The number of hydrogen-bond acceptors (Lipinski definition) is 4. The molecule has 0 saturated carbocycles. The summed E-state index contributed by atoms with van der Waals surface area (Å²) in [5, 5.41) is 12.4. The highest BCUT2D eigenvalue weighted by Crippen LogP contribution is 2.17. The number of amides is 1. The van der Waals surface area contributed by atoms with Crippen molar-refractivity contribution in [3.8, 4) is 6.07 Å². The molecule has 0 saturated heterocycles. The van der Waals surface area contributed by atoms with Gasteiger partial charge in [0.25, 0.3) is 0 Å². The SMILES string of the molecule is N#Cc1cnc(NC(=O)Cc2ccc(Cl)cc2)s1. The maximum Gasteiger partial charge on any atom is 0.230 e. The maximum atomic E-state index is 11.7. The standard InChI is InChI=1S/C12H8ClN3OS/c13-9-3-1-8(2-4-9)5-11(17)16-12-15-7-10(6-14)18-12/h1-4,7H,5H2,(H,15,16,17). The maximum absolute atomic E-state index is 11.7. The smallest absolute Gasteiger partial charge is 0.230 e. The second-order valence-corrected chi connectivity index (χ2v) is 4.96. The monoisotopic (exact) mass is 277 g/mol. The van der Waals surface area contributed by atoms with Gasteiger partial charge in [0.2, 0.25) is 5.91 Å². The van der Waals surface area contributed by atoms with Gasteiger partial charge in [0.1, 0.15) is 10.9 Å². The van der Waals surface area contributed by atoms with Gasteiger partial charge in [0.05, 0.1) is 12.6 Å². The minimum atomic E-state index is -0.170. The largest absolute Gasteiger partial charge is 0.302 e. The first-order valence-corrected chi connectivity index (χ1v) is 6.27. The van der Waals surface area contributed by atoms with Crippen molar-refractivity contribution in [2.45, 2.75) is 6.42 Å². The molecular formula is C12H8ClN3OS. The van der Waals surface area contributed by atoms with Gasteiger partial charge in [0.15, 0.2) is 5.13 Å². The average molecular weight is 278 g/mol. The number of hydrogen-bond donors (Lipinski definition) is 1. The molecule has 1 heterocycles. The fourth-order valence-electron chi connectivity index (χ4n) is 1.33. The Morgan fingerprint density at radius 2 is 2.17 bits per heavy atom. The number of thiazole rings is 1. The number of anilines is 1. The molecule has 0 bridgehead atoms. The summed E-state index contributed by atoms with van der Waals surface area (Å²) in [5.41, 5.74) is 0.869. The van der Waals surface area contributed by atoms with Gasteiger partial charge in [-0.15, -0.1) is 0 Å². The van der Waals surface area contributed by atoms with E-state index in [1.54, 1.807) is 24.3 Å². The summed E-state index contributed by atoms with van der Waals surface area (Å²) in [6.07, 6.45) is 1.68. The van der Waals surface area contributed by atoms with Gasteiger partial charge in [-0.05, 0) is 17.7 Å². The van der Waals surface area contributed by atoms with E-state index in [0.717, 1.165) is 16.9 Å². The quantitative estimate of drug-likeness (QED) is 0.938. The van der Waals surface area contributed by atoms with Gasteiger partial charge in [-0.2, -0.15) is 5.26 Å². The molecule has 0 fully saturated rings. The van der Waals surface area contributed by atoms with Crippen LogP contribution in [0, 0.1) is 11.3 Å². The first-order chi connectivity index (χ1) is 8.67. The van der Waals surface area contributed by atoms with E-state index < -0.39 is 0 Å². The molecule has 0 aliphatic heterocycles. The number of nitriles is 1. The van der Waals surface area contributed by atoms with Crippen LogP contribution >= 0.6 is 22.9 Å². The lowest BCUT2D eigenvalue weighted by atomic mass is 10.1. The third-order valence-corrected chi connectivity index (χ3v) is 3.21. The van der Waals surface area contributed by atoms with Crippen LogP contribution in [0.2, 0.25) is 5.02 Å². The highest BCUT2D eigenvalue weighted by Gasteiger charge is 2.07. The average Bonchev–Trinajstić information content (AvgIpc) is 2.79. The Kier molecular flexibility index (Phi) is 3.92. The number of benzene rings is 1. The molecule has 1 amide bonds. The molecule has 1 aromatic heterocycles. The highest BCUT2D eigenvalue weighted by molar-refractivity contribution is 7.16. The van der Waals surface area contributed by atoms with Gasteiger partial charge in [-0.3, -0.25) is 4.79 Å². The van der Waals surface area contributed by atoms with E-state index in [9.17, 15) is 4.79 Å². The van der Waals surface area contributed by atoms with Crippen molar-refractivity contribution >= 4 is 34.0 Å². The minimum Gasteiger partial charge on any atom is -0.302 e. The van der Waals surface area contributed by atoms with E-state index in [2.05, 4.69) is 10.3 Å². The second kappa shape index (κ2) is 5.63. The Morgan fingerprint density at radius 3 is 2.78 bits per heavy atom. The number of rotatable bonds is 3. The van der Waals surface area contributed by atoms with Crippen LogP contribution in [0.3, 0.4) is 0 Å². The van der Waals surface area contributed by atoms with Gasteiger partial charge in [-0.1, -0.05) is 35.1 Å². The lowest BCUT2D eigenvalue weighted by molar-refractivity contribution is -0.115. The van der Waals surface area contributed by atoms with Crippen LogP contribution in [0.5, 0.6) is 0 Å². The van der Waals surface area contributed by atoms with Crippen molar-refractivity contribution in [1.29, 1.82) is 5.26 Å². The fourth-order valence-corrected chi connectivity index (χ4v) is 2.09. The molecule has 0 aliphatic rings. The van der Waals surface area contributed by atoms with E-state index in [4.69, 9.17) is 16.9 Å². The first-order valence-electron chi connectivity index (χ1n) is 5.07. The molecule has 1 N–H and O–H groups in total. The molecule has 6 heteroatoms. The number of aromatic nitrogens is 1. The number of halogens is 1. The second-order valence-electron chi connectivity index (χ2n) is 3.49. The van der Waals surface area contributed by atoms with Crippen molar-refractivity contribution in [3.63, 3.8) is 0 Å².